The Balaban J connectivity index is 1.46. The molecule has 0 aromatic heterocycles. The molecule has 5 heteroatoms. The molecule has 1 aromatic rings. The Labute approximate surface area is 148 Å². The zero-order valence-corrected chi connectivity index (χ0v) is 14.9. The highest BCUT2D eigenvalue weighted by Gasteiger charge is 2.37. The van der Waals surface area contributed by atoms with E-state index in [1.54, 1.807) is 7.11 Å². The summed E-state index contributed by atoms with van der Waals surface area (Å²) in [5, 5.41) is 0. The second-order valence-electron chi connectivity index (χ2n) is 7.40. The minimum Gasteiger partial charge on any atom is -0.496 e. The molecule has 0 radical (unpaired) electrons. The van der Waals surface area contributed by atoms with Crippen LogP contribution in [-0.4, -0.2) is 54.9 Å². The lowest BCUT2D eigenvalue weighted by molar-refractivity contribution is -0.135. The predicted octanol–water partition coefficient (Wildman–Crippen LogP) is 2.20. The fourth-order valence-electron chi connectivity index (χ4n) is 4.24. The largest absolute Gasteiger partial charge is 0.496 e. The average molecular weight is 342 g/mol. The predicted molar refractivity (Wildman–Crippen MR) is 94.6 cm³/mol. The first-order chi connectivity index (χ1) is 12.2. The van der Waals surface area contributed by atoms with Gasteiger partial charge in [0.05, 0.1) is 13.0 Å². The molecule has 2 fully saturated rings. The number of hydrogen-bond donors (Lipinski definition) is 0. The number of aryl methyl sites for hydroxylation is 1. The highest BCUT2D eigenvalue weighted by Crippen LogP contribution is 2.40. The van der Waals surface area contributed by atoms with Gasteiger partial charge in [0.15, 0.2) is 0 Å². The van der Waals surface area contributed by atoms with E-state index >= 15 is 0 Å². The van der Waals surface area contributed by atoms with Crippen LogP contribution in [0.25, 0.3) is 0 Å². The molecule has 25 heavy (non-hydrogen) atoms. The van der Waals surface area contributed by atoms with Crippen molar-refractivity contribution in [1.29, 1.82) is 0 Å². The SMILES string of the molecule is COc1cccc2c1C(C(=O)N1CCCN(C(=O)C3CC3)CC1)CC2. The van der Waals surface area contributed by atoms with Crippen LogP contribution in [0.15, 0.2) is 18.2 Å². The highest BCUT2D eigenvalue weighted by molar-refractivity contribution is 5.86. The normalized spacial score (nSPS) is 23.2. The molecular formula is C20H26N2O3. The quantitative estimate of drug-likeness (QED) is 0.846. The van der Waals surface area contributed by atoms with E-state index in [2.05, 4.69) is 6.07 Å². The smallest absolute Gasteiger partial charge is 0.230 e. The van der Waals surface area contributed by atoms with Crippen LogP contribution in [0.5, 0.6) is 5.75 Å². The van der Waals surface area contributed by atoms with Crippen molar-refractivity contribution in [2.24, 2.45) is 5.92 Å². The summed E-state index contributed by atoms with van der Waals surface area (Å²) in [6, 6.07) is 6.05. The zero-order valence-electron chi connectivity index (χ0n) is 14.9. The Morgan fingerprint density at radius 2 is 1.72 bits per heavy atom. The van der Waals surface area contributed by atoms with Crippen LogP contribution in [-0.2, 0) is 16.0 Å². The molecule has 3 aliphatic rings. The number of carbonyl (C=O) groups is 2. The molecule has 5 nitrogen and oxygen atoms in total. The molecule has 1 saturated carbocycles. The monoisotopic (exact) mass is 342 g/mol. The molecular weight excluding hydrogens is 316 g/mol. The maximum Gasteiger partial charge on any atom is 0.230 e. The van der Waals surface area contributed by atoms with E-state index < -0.39 is 0 Å². The van der Waals surface area contributed by atoms with Crippen LogP contribution in [0.2, 0.25) is 0 Å². The molecule has 0 N–H and O–H groups in total. The number of carbonyl (C=O) groups excluding carboxylic acids is 2. The van der Waals surface area contributed by atoms with Gasteiger partial charge in [-0.2, -0.15) is 0 Å². The van der Waals surface area contributed by atoms with Gasteiger partial charge in [-0.05, 0) is 43.7 Å². The van der Waals surface area contributed by atoms with Gasteiger partial charge < -0.3 is 14.5 Å². The van der Waals surface area contributed by atoms with Crippen molar-refractivity contribution in [3.8, 4) is 5.75 Å². The van der Waals surface area contributed by atoms with Crippen LogP contribution in [0.1, 0.15) is 42.7 Å². The van der Waals surface area contributed by atoms with Crippen LogP contribution >= 0.6 is 0 Å². The molecule has 1 aliphatic heterocycles. The van der Waals surface area contributed by atoms with E-state index in [0.29, 0.717) is 19.0 Å². The Hall–Kier alpha value is -2.04. The van der Waals surface area contributed by atoms with E-state index in [-0.39, 0.29) is 17.7 Å². The zero-order chi connectivity index (χ0) is 17.4. The molecule has 0 bridgehead atoms. The van der Waals surface area contributed by atoms with Gasteiger partial charge in [-0.3, -0.25) is 9.59 Å². The summed E-state index contributed by atoms with van der Waals surface area (Å²) >= 11 is 0. The lowest BCUT2D eigenvalue weighted by Gasteiger charge is -2.25. The maximum atomic E-state index is 13.2. The van der Waals surface area contributed by atoms with Crippen LogP contribution in [0, 0.1) is 5.92 Å². The summed E-state index contributed by atoms with van der Waals surface area (Å²) in [5.41, 5.74) is 2.31. The second-order valence-corrected chi connectivity index (χ2v) is 7.40. The van der Waals surface area contributed by atoms with Crippen LogP contribution in [0.3, 0.4) is 0 Å². The first kappa shape index (κ1) is 16.4. The van der Waals surface area contributed by atoms with Gasteiger partial charge in [0.1, 0.15) is 5.75 Å². The first-order valence-corrected chi connectivity index (χ1v) is 9.42. The molecule has 4 rings (SSSR count). The lowest BCUT2D eigenvalue weighted by Crippen LogP contribution is -2.39. The Morgan fingerprint density at radius 3 is 2.40 bits per heavy atom. The minimum absolute atomic E-state index is 0.100. The lowest BCUT2D eigenvalue weighted by atomic mass is 9.98. The summed E-state index contributed by atoms with van der Waals surface area (Å²) in [4.78, 5) is 29.4. The molecule has 2 aliphatic carbocycles. The molecule has 1 heterocycles. The number of amides is 2. The number of fused-ring (bicyclic) bond motifs is 1. The number of benzene rings is 1. The molecule has 1 atom stereocenters. The number of methoxy groups -OCH3 is 1. The topological polar surface area (TPSA) is 49.9 Å². The van der Waals surface area contributed by atoms with Crippen molar-refractivity contribution in [1.82, 2.24) is 9.80 Å². The van der Waals surface area contributed by atoms with Crippen LogP contribution < -0.4 is 4.74 Å². The van der Waals surface area contributed by atoms with Crippen LogP contribution in [0.4, 0.5) is 0 Å². The van der Waals surface area contributed by atoms with Crippen molar-refractivity contribution in [2.45, 2.75) is 38.0 Å². The minimum atomic E-state index is -0.100. The first-order valence-electron chi connectivity index (χ1n) is 9.42. The summed E-state index contributed by atoms with van der Waals surface area (Å²) in [6.07, 6.45) is 4.74. The van der Waals surface area contributed by atoms with Crippen molar-refractivity contribution in [3.05, 3.63) is 29.3 Å². The van der Waals surface area contributed by atoms with Crippen molar-refractivity contribution in [2.75, 3.05) is 33.3 Å². The third kappa shape index (κ3) is 3.12. The average Bonchev–Trinajstić information content (AvgIpc) is 3.43. The number of rotatable bonds is 3. The van der Waals surface area contributed by atoms with Gasteiger partial charge in [-0.25, -0.2) is 0 Å². The summed E-state index contributed by atoms with van der Waals surface area (Å²) in [7, 11) is 1.67. The van der Waals surface area contributed by atoms with Gasteiger partial charge in [-0.1, -0.05) is 12.1 Å². The van der Waals surface area contributed by atoms with E-state index in [1.807, 2.05) is 21.9 Å². The van der Waals surface area contributed by atoms with Gasteiger partial charge in [-0.15, -0.1) is 0 Å². The Morgan fingerprint density at radius 1 is 1.00 bits per heavy atom. The Kier molecular flexibility index (Phi) is 4.40. The van der Waals surface area contributed by atoms with Crippen molar-refractivity contribution in [3.63, 3.8) is 0 Å². The summed E-state index contributed by atoms with van der Waals surface area (Å²) < 4.78 is 5.51. The van der Waals surface area contributed by atoms with E-state index in [9.17, 15) is 9.59 Å². The van der Waals surface area contributed by atoms with Gasteiger partial charge in [0, 0.05) is 37.7 Å². The number of ether oxygens (including phenoxy) is 1. The molecule has 1 aromatic carbocycles. The molecule has 2 amide bonds. The van der Waals surface area contributed by atoms with E-state index in [4.69, 9.17) is 4.74 Å². The van der Waals surface area contributed by atoms with Crippen molar-refractivity contribution < 1.29 is 14.3 Å². The van der Waals surface area contributed by atoms with Gasteiger partial charge >= 0.3 is 0 Å². The third-order valence-corrected chi connectivity index (χ3v) is 5.77. The molecule has 1 unspecified atom stereocenters. The highest BCUT2D eigenvalue weighted by atomic mass is 16.5. The molecule has 0 spiro atoms. The van der Waals surface area contributed by atoms with E-state index in [0.717, 1.165) is 56.5 Å². The standard InChI is InChI=1S/C20H26N2O3/c1-25-17-5-2-4-14-8-9-16(18(14)17)20(24)22-11-3-10-21(12-13-22)19(23)15-6-7-15/h2,4-5,15-16H,3,6-13H2,1H3. The number of nitrogens with zero attached hydrogens (tertiary/aromatic N) is 2. The second kappa shape index (κ2) is 6.70. The van der Waals surface area contributed by atoms with Gasteiger partial charge in [0.25, 0.3) is 0 Å². The molecule has 1 saturated heterocycles. The Bertz CT molecular complexity index is 684. The fraction of sp³-hybridized carbons (Fsp3) is 0.600. The summed E-state index contributed by atoms with van der Waals surface area (Å²) in [6.45, 7) is 2.85. The third-order valence-electron chi connectivity index (χ3n) is 5.77. The number of hydrogen-bond acceptors (Lipinski definition) is 3. The molecule has 134 valence electrons. The van der Waals surface area contributed by atoms with Gasteiger partial charge in [0.2, 0.25) is 11.8 Å². The van der Waals surface area contributed by atoms with E-state index in [1.165, 1.54) is 5.56 Å². The summed E-state index contributed by atoms with van der Waals surface area (Å²) in [5.74, 6) is 1.48. The fourth-order valence-corrected chi connectivity index (χ4v) is 4.24. The maximum absolute atomic E-state index is 13.2. The van der Waals surface area contributed by atoms with Crippen molar-refractivity contribution >= 4 is 11.8 Å².